The van der Waals surface area contributed by atoms with E-state index >= 15 is 0 Å². The van der Waals surface area contributed by atoms with Crippen LogP contribution in [0.4, 0.5) is 11.4 Å². The van der Waals surface area contributed by atoms with Crippen LogP contribution in [0.15, 0.2) is 12.1 Å². The largest absolute Gasteiger partial charge is 0.325 e. The van der Waals surface area contributed by atoms with Crippen LogP contribution >= 0.6 is 0 Å². The maximum absolute atomic E-state index is 12.1. The lowest BCUT2D eigenvalue weighted by molar-refractivity contribution is -0.385. The molecule has 0 bridgehead atoms. The van der Waals surface area contributed by atoms with Gasteiger partial charge in [0.05, 0.1) is 16.2 Å². The lowest BCUT2D eigenvalue weighted by Gasteiger charge is -2.13. The third kappa shape index (κ3) is 3.80. The second kappa shape index (κ2) is 6.70. The van der Waals surface area contributed by atoms with E-state index in [9.17, 15) is 14.9 Å². The summed E-state index contributed by atoms with van der Waals surface area (Å²) in [5, 5.41) is 13.8. The zero-order valence-corrected chi connectivity index (χ0v) is 12.6. The van der Waals surface area contributed by atoms with E-state index in [2.05, 4.69) is 5.32 Å². The Morgan fingerprint density at radius 3 is 2.62 bits per heavy atom. The number of nitrogens with one attached hydrogen (secondary N) is 1. The van der Waals surface area contributed by atoms with E-state index < -0.39 is 4.92 Å². The molecule has 1 aliphatic rings. The van der Waals surface area contributed by atoms with E-state index in [1.807, 2.05) is 6.92 Å². The first-order chi connectivity index (χ1) is 9.99. The number of benzene rings is 1. The first-order valence-corrected chi connectivity index (χ1v) is 7.53. The van der Waals surface area contributed by atoms with Crippen molar-refractivity contribution in [1.82, 2.24) is 0 Å². The van der Waals surface area contributed by atoms with Crippen LogP contribution in [-0.2, 0) is 4.79 Å². The Morgan fingerprint density at radius 1 is 1.33 bits per heavy atom. The number of anilines is 1. The van der Waals surface area contributed by atoms with Gasteiger partial charge in [0.2, 0.25) is 5.91 Å². The van der Waals surface area contributed by atoms with Crippen molar-refractivity contribution in [2.24, 2.45) is 5.92 Å². The zero-order valence-electron chi connectivity index (χ0n) is 12.6. The van der Waals surface area contributed by atoms with Crippen molar-refractivity contribution < 1.29 is 9.72 Å². The number of hydrogen-bond acceptors (Lipinski definition) is 3. The minimum atomic E-state index is -0.414. The number of hydrogen-bond donors (Lipinski definition) is 1. The molecule has 1 amide bonds. The monoisotopic (exact) mass is 290 g/mol. The maximum Gasteiger partial charge on any atom is 0.274 e. The highest BCUT2D eigenvalue weighted by Gasteiger charge is 2.19. The van der Waals surface area contributed by atoms with Gasteiger partial charge in [-0.2, -0.15) is 0 Å². The highest BCUT2D eigenvalue weighted by atomic mass is 16.6. The molecule has 0 atom stereocenters. The van der Waals surface area contributed by atoms with Crippen molar-refractivity contribution in [2.75, 3.05) is 5.32 Å². The fourth-order valence-electron chi connectivity index (χ4n) is 3.06. The molecular formula is C16H22N2O3. The molecule has 2 rings (SSSR count). The minimum absolute atomic E-state index is 0.0476. The van der Waals surface area contributed by atoms with E-state index in [4.69, 9.17) is 0 Å². The number of nitrogens with zero attached hydrogens (tertiary/aromatic N) is 1. The number of carbonyl (C=O) groups is 1. The van der Waals surface area contributed by atoms with Gasteiger partial charge in [-0.1, -0.05) is 31.7 Å². The highest BCUT2D eigenvalue weighted by Crippen LogP contribution is 2.30. The summed E-state index contributed by atoms with van der Waals surface area (Å²) in [5.41, 5.74) is 2.01. The van der Waals surface area contributed by atoms with Crippen LogP contribution in [0.2, 0.25) is 0 Å². The first kappa shape index (κ1) is 15.5. The fraction of sp³-hybridized carbons (Fsp3) is 0.562. The van der Waals surface area contributed by atoms with Gasteiger partial charge in [-0.05, 0) is 31.7 Å². The van der Waals surface area contributed by atoms with Gasteiger partial charge < -0.3 is 5.32 Å². The van der Waals surface area contributed by atoms with Gasteiger partial charge >= 0.3 is 0 Å². The number of nitro benzene ring substituents is 1. The second-order valence-electron chi connectivity index (χ2n) is 5.90. The van der Waals surface area contributed by atoms with Gasteiger partial charge in [-0.25, -0.2) is 0 Å². The normalized spacial score (nSPS) is 15.1. The van der Waals surface area contributed by atoms with Crippen molar-refractivity contribution >= 4 is 17.3 Å². The SMILES string of the molecule is Cc1ccc([N+](=O)[O-])c(C)c1NC(=O)CCC1CCCC1. The van der Waals surface area contributed by atoms with Crippen LogP contribution < -0.4 is 5.32 Å². The van der Waals surface area contributed by atoms with E-state index in [1.54, 1.807) is 13.0 Å². The Labute approximate surface area is 124 Å². The first-order valence-electron chi connectivity index (χ1n) is 7.53. The molecule has 0 unspecified atom stereocenters. The van der Waals surface area contributed by atoms with Gasteiger partial charge in [0, 0.05) is 12.5 Å². The fourth-order valence-corrected chi connectivity index (χ4v) is 3.06. The molecule has 0 aromatic heterocycles. The lowest BCUT2D eigenvalue weighted by Crippen LogP contribution is -2.15. The maximum atomic E-state index is 12.1. The second-order valence-corrected chi connectivity index (χ2v) is 5.90. The number of carbonyl (C=O) groups excluding carboxylic acids is 1. The number of aryl methyl sites for hydroxylation is 1. The number of rotatable bonds is 5. The Kier molecular flexibility index (Phi) is 4.94. The molecule has 0 aliphatic heterocycles. The van der Waals surface area contributed by atoms with E-state index in [0.717, 1.165) is 12.0 Å². The zero-order chi connectivity index (χ0) is 15.4. The molecule has 0 spiro atoms. The average molecular weight is 290 g/mol. The standard InChI is InChI=1S/C16H22N2O3/c1-11-7-9-14(18(20)21)12(2)16(11)17-15(19)10-8-13-5-3-4-6-13/h7,9,13H,3-6,8,10H2,1-2H3,(H,17,19). The van der Waals surface area contributed by atoms with Crippen LogP contribution in [0, 0.1) is 29.9 Å². The van der Waals surface area contributed by atoms with Crippen molar-refractivity contribution in [3.05, 3.63) is 33.4 Å². The Bertz CT molecular complexity index is 549. The van der Waals surface area contributed by atoms with Gasteiger partial charge in [0.25, 0.3) is 5.69 Å². The summed E-state index contributed by atoms with van der Waals surface area (Å²) in [4.78, 5) is 22.6. The smallest absolute Gasteiger partial charge is 0.274 e. The van der Waals surface area contributed by atoms with Crippen molar-refractivity contribution in [1.29, 1.82) is 0 Å². The van der Waals surface area contributed by atoms with Crippen molar-refractivity contribution in [2.45, 2.75) is 52.4 Å². The summed E-state index contributed by atoms with van der Waals surface area (Å²) in [6.07, 6.45) is 6.40. The van der Waals surface area contributed by atoms with Gasteiger partial charge in [-0.3, -0.25) is 14.9 Å². The summed E-state index contributed by atoms with van der Waals surface area (Å²) >= 11 is 0. The molecule has 21 heavy (non-hydrogen) atoms. The Hall–Kier alpha value is -1.91. The summed E-state index contributed by atoms with van der Waals surface area (Å²) in [7, 11) is 0. The molecule has 0 saturated heterocycles. The molecular weight excluding hydrogens is 268 g/mol. The summed E-state index contributed by atoms with van der Waals surface area (Å²) in [5.74, 6) is 0.622. The number of nitro groups is 1. The van der Waals surface area contributed by atoms with Crippen LogP contribution in [-0.4, -0.2) is 10.8 Å². The molecule has 1 aromatic rings. The Balaban J connectivity index is 2.02. The van der Waals surface area contributed by atoms with Crippen molar-refractivity contribution in [3.8, 4) is 0 Å². The van der Waals surface area contributed by atoms with E-state index in [1.165, 1.54) is 31.7 Å². The minimum Gasteiger partial charge on any atom is -0.325 e. The third-order valence-corrected chi connectivity index (χ3v) is 4.36. The van der Waals surface area contributed by atoms with Gasteiger partial charge in [0.1, 0.15) is 0 Å². The predicted octanol–water partition coefficient (Wildman–Crippen LogP) is 4.12. The number of amides is 1. The average Bonchev–Trinajstić information content (AvgIpc) is 2.94. The van der Waals surface area contributed by atoms with Crippen molar-refractivity contribution in [3.63, 3.8) is 0 Å². The summed E-state index contributed by atoms with van der Waals surface area (Å²) < 4.78 is 0. The lowest BCUT2D eigenvalue weighted by atomic mass is 10.0. The molecule has 1 fully saturated rings. The molecule has 1 aliphatic carbocycles. The summed E-state index contributed by atoms with van der Waals surface area (Å²) in [6, 6.07) is 3.16. The molecule has 1 aromatic carbocycles. The van der Waals surface area contributed by atoms with Crippen LogP contribution in [0.5, 0.6) is 0 Å². The molecule has 114 valence electrons. The summed E-state index contributed by atoms with van der Waals surface area (Å²) in [6.45, 7) is 3.53. The van der Waals surface area contributed by atoms with Gasteiger partial charge in [-0.15, -0.1) is 0 Å². The van der Waals surface area contributed by atoms with Crippen LogP contribution in [0.1, 0.15) is 49.7 Å². The van der Waals surface area contributed by atoms with Gasteiger partial charge in [0.15, 0.2) is 0 Å². The predicted molar refractivity (Wildman–Crippen MR) is 82.4 cm³/mol. The van der Waals surface area contributed by atoms with Crippen LogP contribution in [0.25, 0.3) is 0 Å². The molecule has 1 saturated carbocycles. The van der Waals surface area contributed by atoms with E-state index in [0.29, 0.717) is 23.6 Å². The molecule has 5 nitrogen and oxygen atoms in total. The molecule has 1 N–H and O–H groups in total. The molecule has 0 radical (unpaired) electrons. The van der Waals surface area contributed by atoms with E-state index in [-0.39, 0.29) is 11.6 Å². The Morgan fingerprint density at radius 2 is 2.00 bits per heavy atom. The topological polar surface area (TPSA) is 72.2 Å². The quantitative estimate of drug-likeness (QED) is 0.655. The third-order valence-electron chi connectivity index (χ3n) is 4.36. The molecule has 5 heteroatoms. The highest BCUT2D eigenvalue weighted by molar-refractivity contribution is 5.93. The molecule has 0 heterocycles. The van der Waals surface area contributed by atoms with Crippen LogP contribution in [0.3, 0.4) is 0 Å².